The molecule has 0 unspecified atom stereocenters. The van der Waals surface area contributed by atoms with Crippen molar-refractivity contribution in [1.82, 2.24) is 5.32 Å². The molecule has 0 radical (unpaired) electrons. The van der Waals surface area contributed by atoms with Gasteiger partial charge in [-0.1, -0.05) is 48.0 Å². The van der Waals surface area contributed by atoms with E-state index in [1.165, 1.54) is 5.56 Å². The first-order valence-electron chi connectivity index (χ1n) is 9.06. The zero-order valence-corrected chi connectivity index (χ0v) is 16.2. The summed E-state index contributed by atoms with van der Waals surface area (Å²) in [7, 11) is 0. The van der Waals surface area contributed by atoms with E-state index in [2.05, 4.69) is 22.4 Å². The summed E-state index contributed by atoms with van der Waals surface area (Å²) in [6, 6.07) is 16.0. The third kappa shape index (κ3) is 5.81. The molecule has 3 rings (SSSR count). The highest BCUT2D eigenvalue weighted by Crippen LogP contribution is 2.28. The Morgan fingerprint density at radius 2 is 1.96 bits per heavy atom. The molecule has 0 bridgehead atoms. The fourth-order valence-electron chi connectivity index (χ4n) is 2.72. The number of primary amides is 1. The SMILES string of the molecule is NC(=O)C1=CC=C(Oc2ccc(CNCCc3ccccc3)cc2Cl)N=CC1. The number of amides is 1. The molecule has 0 fully saturated rings. The first kappa shape index (κ1) is 19.9. The zero-order valence-electron chi connectivity index (χ0n) is 15.4. The lowest BCUT2D eigenvalue weighted by atomic mass is 10.1. The molecule has 0 saturated heterocycles. The Labute approximate surface area is 169 Å². The minimum absolute atomic E-state index is 0.354. The maximum atomic E-state index is 11.2. The van der Waals surface area contributed by atoms with Gasteiger partial charge in [0.05, 0.1) is 5.02 Å². The molecule has 3 N–H and O–H groups in total. The molecule has 1 aliphatic heterocycles. The van der Waals surface area contributed by atoms with Crippen molar-refractivity contribution in [3.05, 3.63) is 88.3 Å². The van der Waals surface area contributed by atoms with Crippen molar-refractivity contribution in [2.24, 2.45) is 10.7 Å². The van der Waals surface area contributed by atoms with Crippen LogP contribution in [0.4, 0.5) is 0 Å². The Balaban J connectivity index is 1.54. The van der Waals surface area contributed by atoms with Crippen molar-refractivity contribution < 1.29 is 9.53 Å². The maximum Gasteiger partial charge on any atom is 0.244 e. The van der Waals surface area contributed by atoms with E-state index in [1.807, 2.05) is 36.4 Å². The summed E-state index contributed by atoms with van der Waals surface area (Å²) in [6.07, 6.45) is 6.17. The van der Waals surface area contributed by atoms with Crippen LogP contribution < -0.4 is 15.8 Å². The van der Waals surface area contributed by atoms with E-state index in [9.17, 15) is 4.79 Å². The smallest absolute Gasteiger partial charge is 0.244 e. The molecule has 1 aliphatic rings. The second kappa shape index (κ2) is 9.88. The molecule has 1 heterocycles. The van der Waals surface area contributed by atoms with E-state index in [-0.39, 0.29) is 0 Å². The number of nitrogens with zero attached hydrogens (tertiary/aromatic N) is 1. The predicted octanol–water partition coefficient (Wildman–Crippen LogP) is 3.78. The Morgan fingerprint density at radius 1 is 1.14 bits per heavy atom. The highest BCUT2D eigenvalue weighted by atomic mass is 35.5. The van der Waals surface area contributed by atoms with Crippen LogP contribution in [0.5, 0.6) is 5.75 Å². The second-order valence-corrected chi connectivity index (χ2v) is 6.76. The largest absolute Gasteiger partial charge is 0.437 e. The number of nitrogens with one attached hydrogen (secondary N) is 1. The summed E-state index contributed by atoms with van der Waals surface area (Å²) in [5, 5.41) is 3.92. The third-order valence-corrected chi connectivity index (χ3v) is 4.54. The highest BCUT2D eigenvalue weighted by Gasteiger charge is 2.09. The van der Waals surface area contributed by atoms with E-state index in [0.717, 1.165) is 25.1 Å². The summed E-state index contributed by atoms with van der Waals surface area (Å²) < 4.78 is 5.75. The van der Waals surface area contributed by atoms with Gasteiger partial charge in [0, 0.05) is 30.8 Å². The number of allylic oxidation sites excluding steroid dienone is 2. The Kier molecular flexibility index (Phi) is 7.00. The number of nitrogens with two attached hydrogens (primary N) is 1. The summed E-state index contributed by atoms with van der Waals surface area (Å²) in [6.45, 7) is 1.61. The van der Waals surface area contributed by atoms with E-state index in [4.69, 9.17) is 22.1 Å². The van der Waals surface area contributed by atoms with Crippen LogP contribution in [0.3, 0.4) is 0 Å². The van der Waals surface area contributed by atoms with E-state index in [1.54, 1.807) is 18.4 Å². The molecular formula is C22H22ClN3O2. The van der Waals surface area contributed by atoms with Crippen LogP contribution in [-0.2, 0) is 17.8 Å². The maximum absolute atomic E-state index is 11.2. The summed E-state index contributed by atoms with van der Waals surface area (Å²) in [4.78, 5) is 15.4. The van der Waals surface area contributed by atoms with E-state index in [0.29, 0.717) is 28.6 Å². The van der Waals surface area contributed by atoms with Crippen molar-refractivity contribution in [2.45, 2.75) is 19.4 Å². The number of ether oxygens (including phenoxy) is 1. The molecule has 28 heavy (non-hydrogen) atoms. The Hall–Kier alpha value is -2.89. The number of carbonyl (C=O) groups excluding carboxylic acids is 1. The molecule has 6 heteroatoms. The molecule has 2 aromatic carbocycles. The van der Waals surface area contributed by atoms with Crippen molar-refractivity contribution >= 4 is 23.7 Å². The molecule has 0 saturated carbocycles. The summed E-state index contributed by atoms with van der Waals surface area (Å²) in [5.41, 5.74) is 8.15. The monoisotopic (exact) mass is 395 g/mol. The summed E-state index contributed by atoms with van der Waals surface area (Å²) >= 11 is 6.36. The minimum atomic E-state index is -0.467. The lowest BCUT2D eigenvalue weighted by molar-refractivity contribution is -0.114. The number of rotatable bonds is 8. The average molecular weight is 396 g/mol. The first-order chi connectivity index (χ1) is 13.6. The van der Waals surface area contributed by atoms with Gasteiger partial charge in [0.15, 0.2) is 0 Å². The van der Waals surface area contributed by atoms with Crippen LogP contribution >= 0.6 is 11.6 Å². The Bertz CT molecular complexity index is 921. The fraction of sp³-hybridized carbons (Fsp3) is 0.182. The number of benzene rings is 2. The minimum Gasteiger partial charge on any atom is -0.437 e. The van der Waals surface area contributed by atoms with Crippen molar-refractivity contribution in [1.29, 1.82) is 0 Å². The van der Waals surface area contributed by atoms with Crippen LogP contribution in [0.25, 0.3) is 0 Å². The predicted molar refractivity (Wildman–Crippen MR) is 112 cm³/mol. The molecule has 0 aliphatic carbocycles. The molecule has 0 aromatic heterocycles. The van der Waals surface area contributed by atoms with E-state index < -0.39 is 5.91 Å². The van der Waals surface area contributed by atoms with Crippen molar-refractivity contribution in [2.75, 3.05) is 6.54 Å². The van der Waals surface area contributed by atoms with Crippen LogP contribution in [0.15, 0.2) is 77.1 Å². The normalized spacial score (nSPS) is 13.5. The van der Waals surface area contributed by atoms with Gasteiger partial charge < -0.3 is 15.8 Å². The molecular weight excluding hydrogens is 374 g/mol. The summed E-state index contributed by atoms with van der Waals surface area (Å²) in [5.74, 6) is 0.395. The lowest BCUT2D eigenvalue weighted by Crippen LogP contribution is -2.16. The zero-order chi connectivity index (χ0) is 19.8. The van der Waals surface area contributed by atoms with Crippen molar-refractivity contribution in [3.63, 3.8) is 0 Å². The van der Waals surface area contributed by atoms with Gasteiger partial charge in [-0.2, -0.15) is 0 Å². The topological polar surface area (TPSA) is 76.7 Å². The first-order valence-corrected chi connectivity index (χ1v) is 9.44. The highest BCUT2D eigenvalue weighted by molar-refractivity contribution is 6.32. The molecule has 0 atom stereocenters. The van der Waals surface area contributed by atoms with Gasteiger partial charge in [-0.3, -0.25) is 4.79 Å². The number of hydrogen-bond donors (Lipinski definition) is 2. The number of carbonyl (C=O) groups is 1. The Morgan fingerprint density at radius 3 is 2.71 bits per heavy atom. The number of hydrogen-bond acceptors (Lipinski definition) is 4. The fourth-order valence-corrected chi connectivity index (χ4v) is 2.96. The third-order valence-electron chi connectivity index (χ3n) is 4.25. The van der Waals surface area contributed by atoms with Gasteiger partial charge in [-0.05, 0) is 42.3 Å². The van der Waals surface area contributed by atoms with Crippen LogP contribution in [-0.4, -0.2) is 18.7 Å². The molecule has 144 valence electrons. The quantitative estimate of drug-likeness (QED) is 0.668. The van der Waals surface area contributed by atoms with Crippen LogP contribution in [0, 0.1) is 0 Å². The van der Waals surface area contributed by atoms with Gasteiger partial charge in [-0.25, -0.2) is 4.99 Å². The number of aliphatic imine (C=N–C) groups is 1. The molecule has 2 aromatic rings. The van der Waals surface area contributed by atoms with Crippen LogP contribution in [0.2, 0.25) is 5.02 Å². The standard InChI is InChI=1S/C22H22ClN3O2/c23-19-14-17(15-25-12-10-16-4-2-1-3-5-16)6-8-20(19)28-21-9-7-18(22(24)27)11-13-26-21/h1-9,13-14,25H,10-12,15H2,(H2,24,27). The van der Waals surface area contributed by atoms with Gasteiger partial charge in [0.1, 0.15) is 5.75 Å². The van der Waals surface area contributed by atoms with Gasteiger partial charge in [0.25, 0.3) is 0 Å². The lowest BCUT2D eigenvalue weighted by Gasteiger charge is -2.10. The molecule has 1 amide bonds. The molecule has 5 nitrogen and oxygen atoms in total. The van der Waals surface area contributed by atoms with Crippen LogP contribution in [0.1, 0.15) is 17.5 Å². The number of halogens is 1. The van der Waals surface area contributed by atoms with Gasteiger partial charge >= 0.3 is 0 Å². The van der Waals surface area contributed by atoms with Crippen molar-refractivity contribution in [3.8, 4) is 5.75 Å². The van der Waals surface area contributed by atoms with Gasteiger partial charge in [0.2, 0.25) is 11.8 Å². The second-order valence-electron chi connectivity index (χ2n) is 6.36. The van der Waals surface area contributed by atoms with Gasteiger partial charge in [-0.15, -0.1) is 0 Å². The average Bonchev–Trinajstić information content (AvgIpc) is 2.94. The molecule has 0 spiro atoms. The van der Waals surface area contributed by atoms with E-state index >= 15 is 0 Å².